The zero-order chi connectivity index (χ0) is 26.7. The van der Waals surface area contributed by atoms with Gasteiger partial charge in [-0.3, -0.25) is 9.59 Å². The Morgan fingerprint density at radius 1 is 1.25 bits per heavy atom. The Bertz CT molecular complexity index is 1150. The first-order valence-electron chi connectivity index (χ1n) is 11.1. The number of alkyl halides is 3. The maximum atomic E-state index is 13.0. The van der Waals surface area contributed by atoms with E-state index in [4.69, 9.17) is 33.0 Å². The first-order valence-corrected chi connectivity index (χ1v) is 11.5. The summed E-state index contributed by atoms with van der Waals surface area (Å²) in [6.45, 7) is 1.14. The molecule has 2 aliphatic rings. The van der Waals surface area contributed by atoms with Crippen LogP contribution >= 0.6 is 11.6 Å². The van der Waals surface area contributed by atoms with Crippen LogP contribution in [-0.2, 0) is 16.6 Å². The van der Waals surface area contributed by atoms with Gasteiger partial charge in [0.2, 0.25) is 5.82 Å². The molecule has 2 heterocycles. The number of carboxylic acid groups (broad SMARTS) is 1. The summed E-state index contributed by atoms with van der Waals surface area (Å²) in [4.78, 5) is 43.2. The van der Waals surface area contributed by atoms with Gasteiger partial charge in [0.25, 0.3) is 11.8 Å². The molecule has 0 radical (unpaired) electrons. The number of fused-ring (bicyclic) bond motifs is 1. The van der Waals surface area contributed by atoms with Crippen LogP contribution in [0, 0.1) is 0 Å². The fourth-order valence-corrected chi connectivity index (χ4v) is 4.82. The van der Waals surface area contributed by atoms with Gasteiger partial charge in [0.05, 0.1) is 11.3 Å². The fraction of sp³-hybridized carbons (Fsp3) is 0.435. The van der Waals surface area contributed by atoms with Gasteiger partial charge < -0.3 is 21.5 Å². The van der Waals surface area contributed by atoms with Crippen LogP contribution in [-0.4, -0.2) is 63.1 Å². The zero-order valence-electron chi connectivity index (χ0n) is 19.1. The number of benzene rings is 1. The number of carbonyl (C=O) groups excluding carboxylic acids is 2. The molecule has 1 saturated carbocycles. The summed E-state index contributed by atoms with van der Waals surface area (Å²) >= 11 is 6.20. The number of hydrogen-bond donors (Lipinski definition) is 3. The van der Waals surface area contributed by atoms with E-state index < -0.39 is 18.1 Å². The largest absolute Gasteiger partial charge is 0.490 e. The van der Waals surface area contributed by atoms with Crippen molar-refractivity contribution in [2.24, 2.45) is 11.5 Å². The average Bonchev–Trinajstić information content (AvgIpc) is 2.84. The molecule has 4 rings (SSSR count). The molecule has 2 amide bonds. The van der Waals surface area contributed by atoms with Crippen molar-refractivity contribution >= 4 is 29.4 Å². The third-order valence-electron chi connectivity index (χ3n) is 6.59. The number of primary amides is 1. The van der Waals surface area contributed by atoms with E-state index >= 15 is 0 Å². The Hall–Kier alpha value is -3.25. The summed E-state index contributed by atoms with van der Waals surface area (Å²) in [6.07, 6.45) is 0.507. The second kappa shape index (κ2) is 10.8. The molecule has 1 fully saturated rings. The molecule has 0 saturated heterocycles. The molecule has 194 valence electrons. The number of amides is 2. The molecule has 1 aliphatic carbocycles. The predicted octanol–water partition coefficient (Wildman–Crippen LogP) is 2.70. The number of nitrogens with two attached hydrogens (primary N) is 2. The van der Waals surface area contributed by atoms with Crippen LogP contribution in [0.2, 0.25) is 5.02 Å². The number of carbonyl (C=O) groups is 3. The third kappa shape index (κ3) is 5.93. The van der Waals surface area contributed by atoms with E-state index in [1.807, 2.05) is 23.1 Å². The Balaban J connectivity index is 0.000000454. The first kappa shape index (κ1) is 27.3. The fourth-order valence-electron chi connectivity index (χ4n) is 4.63. The van der Waals surface area contributed by atoms with Crippen LogP contribution in [0.5, 0.6) is 0 Å². The minimum absolute atomic E-state index is 0.0445. The van der Waals surface area contributed by atoms with E-state index in [1.165, 1.54) is 11.8 Å². The van der Waals surface area contributed by atoms with Gasteiger partial charge in [-0.05, 0) is 43.4 Å². The number of carboxylic acids is 1. The lowest BCUT2D eigenvalue weighted by molar-refractivity contribution is -0.192. The number of hydrogen-bond acceptors (Lipinski definition) is 6. The van der Waals surface area contributed by atoms with E-state index in [0.717, 1.165) is 30.7 Å². The van der Waals surface area contributed by atoms with Crippen LogP contribution in [0.4, 0.5) is 13.2 Å². The van der Waals surface area contributed by atoms with E-state index in [9.17, 15) is 22.8 Å². The van der Waals surface area contributed by atoms with Crippen molar-refractivity contribution in [3.63, 3.8) is 0 Å². The third-order valence-corrected chi connectivity index (χ3v) is 6.83. The van der Waals surface area contributed by atoms with E-state index in [0.29, 0.717) is 30.8 Å². The van der Waals surface area contributed by atoms with Gasteiger partial charge in [0, 0.05) is 42.2 Å². The molecule has 5 N–H and O–H groups in total. The van der Waals surface area contributed by atoms with Crippen molar-refractivity contribution < 1.29 is 32.7 Å². The normalized spacial score (nSPS) is 21.8. The van der Waals surface area contributed by atoms with Gasteiger partial charge in [0.1, 0.15) is 0 Å². The van der Waals surface area contributed by atoms with Gasteiger partial charge in [-0.2, -0.15) is 13.2 Å². The molecular weight excluding hydrogens is 503 g/mol. The van der Waals surface area contributed by atoms with Crippen molar-refractivity contribution in [2.45, 2.75) is 49.7 Å². The molecule has 1 aliphatic heterocycles. The number of nitrogens with zero attached hydrogens (tertiary/aromatic N) is 3. The maximum absolute atomic E-state index is 13.0. The van der Waals surface area contributed by atoms with E-state index in [-0.39, 0.29) is 23.2 Å². The minimum Gasteiger partial charge on any atom is -0.475 e. The monoisotopic (exact) mass is 527 g/mol. The summed E-state index contributed by atoms with van der Waals surface area (Å²) in [5.74, 6) is -3.56. The molecular formula is C23H25ClF3N5O4. The molecule has 0 bridgehead atoms. The molecule has 9 nitrogen and oxygen atoms in total. The van der Waals surface area contributed by atoms with Gasteiger partial charge >= 0.3 is 12.1 Å². The molecule has 2 aromatic rings. The van der Waals surface area contributed by atoms with Crippen LogP contribution in [0.25, 0.3) is 0 Å². The van der Waals surface area contributed by atoms with Crippen LogP contribution in [0.1, 0.15) is 57.9 Å². The summed E-state index contributed by atoms with van der Waals surface area (Å²) in [5.41, 5.74) is 13.6. The van der Waals surface area contributed by atoms with Gasteiger partial charge in [-0.25, -0.2) is 14.8 Å². The predicted molar refractivity (Wildman–Crippen MR) is 123 cm³/mol. The van der Waals surface area contributed by atoms with Gasteiger partial charge in [-0.15, -0.1) is 0 Å². The molecule has 36 heavy (non-hydrogen) atoms. The summed E-state index contributed by atoms with van der Waals surface area (Å²) < 4.78 is 31.7. The Kier molecular flexibility index (Phi) is 8.19. The maximum Gasteiger partial charge on any atom is 0.490 e. The second-order valence-corrected chi connectivity index (χ2v) is 9.13. The molecule has 1 aromatic carbocycles. The molecule has 0 unspecified atom stereocenters. The summed E-state index contributed by atoms with van der Waals surface area (Å²) in [5, 5.41) is 7.84. The van der Waals surface area contributed by atoms with Crippen LogP contribution < -0.4 is 11.5 Å². The van der Waals surface area contributed by atoms with Gasteiger partial charge in [-0.1, -0.05) is 23.7 Å². The standard InChI is InChI=1S/C21H24ClN5O2.C2HF3O2/c22-14-3-1-2-13(10-14)21(12-23)7-4-15(5-8-21)27-9-6-17-16(20(27)29)11-25-19(26-17)18(24)28;3-2(4,5)1(6)7/h1-3,10-11,15H,4-9,12,23H2,(H2,24,28);(H,6,7). The van der Waals surface area contributed by atoms with Crippen LogP contribution in [0.15, 0.2) is 30.5 Å². The lowest BCUT2D eigenvalue weighted by Crippen LogP contribution is -2.50. The minimum atomic E-state index is -5.08. The second-order valence-electron chi connectivity index (χ2n) is 8.70. The molecule has 13 heteroatoms. The van der Waals surface area contributed by atoms with Gasteiger partial charge in [0.15, 0.2) is 0 Å². The molecule has 0 atom stereocenters. The highest BCUT2D eigenvalue weighted by Gasteiger charge is 2.40. The van der Waals surface area contributed by atoms with Crippen molar-refractivity contribution in [2.75, 3.05) is 13.1 Å². The van der Waals surface area contributed by atoms with Crippen molar-refractivity contribution in [3.05, 3.63) is 58.1 Å². The first-order chi connectivity index (χ1) is 16.9. The van der Waals surface area contributed by atoms with Crippen molar-refractivity contribution in [3.8, 4) is 0 Å². The zero-order valence-corrected chi connectivity index (χ0v) is 19.8. The average molecular weight is 528 g/mol. The highest BCUT2D eigenvalue weighted by molar-refractivity contribution is 6.30. The number of aliphatic carboxylic acids is 1. The Labute approximate surface area is 209 Å². The molecule has 1 aromatic heterocycles. The lowest BCUT2D eigenvalue weighted by Gasteiger charge is -2.44. The highest BCUT2D eigenvalue weighted by atomic mass is 35.5. The van der Waals surface area contributed by atoms with E-state index in [2.05, 4.69) is 16.0 Å². The lowest BCUT2D eigenvalue weighted by atomic mass is 9.68. The summed E-state index contributed by atoms with van der Waals surface area (Å²) in [6, 6.07) is 8.09. The number of aromatic nitrogens is 2. The summed E-state index contributed by atoms with van der Waals surface area (Å²) in [7, 11) is 0. The number of rotatable bonds is 4. The quantitative estimate of drug-likeness (QED) is 0.552. The Morgan fingerprint density at radius 3 is 2.42 bits per heavy atom. The smallest absolute Gasteiger partial charge is 0.475 e. The van der Waals surface area contributed by atoms with Crippen molar-refractivity contribution in [1.29, 1.82) is 0 Å². The SMILES string of the molecule is NCC1(c2cccc(Cl)c2)CCC(N2CCc3nc(C(N)=O)ncc3C2=O)CC1.O=C(O)C(F)(F)F. The van der Waals surface area contributed by atoms with Crippen LogP contribution in [0.3, 0.4) is 0 Å². The van der Waals surface area contributed by atoms with Crippen molar-refractivity contribution in [1.82, 2.24) is 14.9 Å². The Morgan fingerprint density at radius 2 is 1.89 bits per heavy atom. The highest BCUT2D eigenvalue weighted by Crippen LogP contribution is 2.41. The topological polar surface area (TPSA) is 152 Å². The molecule has 0 spiro atoms. The number of halogens is 4. The van der Waals surface area contributed by atoms with E-state index in [1.54, 1.807) is 0 Å².